The molecule has 0 aliphatic heterocycles. The summed E-state index contributed by atoms with van der Waals surface area (Å²) < 4.78 is 0. The van der Waals surface area contributed by atoms with Crippen molar-refractivity contribution >= 4 is 5.84 Å². The van der Waals surface area contributed by atoms with Gasteiger partial charge < -0.3 is 0 Å². The lowest BCUT2D eigenvalue weighted by Crippen LogP contribution is -2.32. The van der Waals surface area contributed by atoms with Crippen LogP contribution in [0.4, 0.5) is 0 Å². The number of hydrogen-bond donors (Lipinski definition) is 2. The SMILES string of the molecule is O=[N+]([O-])C(C1CCCCC1)=[N+](O)O. The fourth-order valence-electron chi connectivity index (χ4n) is 1.75. The van der Waals surface area contributed by atoms with E-state index >= 15 is 0 Å². The van der Waals surface area contributed by atoms with Crippen LogP contribution >= 0.6 is 0 Å². The van der Waals surface area contributed by atoms with E-state index in [0.717, 1.165) is 19.3 Å². The van der Waals surface area contributed by atoms with Crippen molar-refractivity contribution in [2.24, 2.45) is 5.92 Å². The van der Waals surface area contributed by atoms with Gasteiger partial charge >= 0.3 is 5.84 Å². The lowest BCUT2D eigenvalue weighted by atomic mass is 9.88. The smallest absolute Gasteiger partial charge is 0.253 e. The van der Waals surface area contributed by atoms with Gasteiger partial charge in [-0.15, -0.1) is 0 Å². The number of amidine groups is 1. The molecule has 0 amide bonds. The highest BCUT2D eigenvalue weighted by molar-refractivity contribution is 5.71. The van der Waals surface area contributed by atoms with E-state index in [0.29, 0.717) is 12.8 Å². The van der Waals surface area contributed by atoms with Gasteiger partial charge in [-0.1, -0.05) is 19.3 Å². The molecule has 0 spiro atoms. The first kappa shape index (κ1) is 9.76. The molecular weight excluding hydrogens is 176 g/mol. The third-order valence-corrected chi connectivity index (χ3v) is 2.36. The highest BCUT2D eigenvalue weighted by Gasteiger charge is 2.40. The first-order valence-corrected chi connectivity index (χ1v) is 4.32. The molecule has 0 aromatic heterocycles. The summed E-state index contributed by atoms with van der Waals surface area (Å²) in [5.41, 5.74) is 0. The van der Waals surface area contributed by atoms with Gasteiger partial charge in [-0.2, -0.15) is 0 Å². The Labute approximate surface area is 75.2 Å². The second-order valence-electron chi connectivity index (χ2n) is 3.24. The molecule has 2 N–H and O–H groups in total. The van der Waals surface area contributed by atoms with Crippen LogP contribution < -0.4 is 0 Å². The molecule has 1 saturated carbocycles. The summed E-state index contributed by atoms with van der Waals surface area (Å²) in [5.74, 6) is -0.821. The quantitative estimate of drug-likeness (QED) is 0.212. The van der Waals surface area contributed by atoms with Gasteiger partial charge in [0.15, 0.2) is 0 Å². The molecule has 1 rings (SSSR count). The molecule has 0 bridgehead atoms. The van der Waals surface area contributed by atoms with E-state index in [4.69, 9.17) is 10.4 Å². The van der Waals surface area contributed by atoms with Crippen molar-refractivity contribution in [2.75, 3.05) is 0 Å². The predicted molar refractivity (Wildman–Crippen MR) is 42.4 cm³/mol. The lowest BCUT2D eigenvalue weighted by Gasteiger charge is -2.13. The van der Waals surface area contributed by atoms with Crippen molar-refractivity contribution < 1.29 is 20.2 Å². The summed E-state index contributed by atoms with van der Waals surface area (Å²) in [6, 6.07) is 0. The van der Waals surface area contributed by atoms with Gasteiger partial charge in [0.2, 0.25) is 0 Å². The Hall–Kier alpha value is -1.33. The molecular formula is C7H13N2O4+. The van der Waals surface area contributed by atoms with Crippen LogP contribution in [0.1, 0.15) is 32.1 Å². The fourth-order valence-corrected chi connectivity index (χ4v) is 1.75. The molecule has 0 atom stereocenters. The summed E-state index contributed by atoms with van der Waals surface area (Å²) in [5, 5.41) is 27.7. The van der Waals surface area contributed by atoms with Crippen molar-refractivity contribution in [3.63, 3.8) is 0 Å². The van der Waals surface area contributed by atoms with Crippen LogP contribution in [0.5, 0.6) is 0 Å². The van der Waals surface area contributed by atoms with Gasteiger partial charge in [0.25, 0.3) is 4.90 Å². The van der Waals surface area contributed by atoms with E-state index in [2.05, 4.69) is 0 Å². The Bertz CT molecular complexity index is 229. The molecule has 1 aliphatic rings. The van der Waals surface area contributed by atoms with Crippen LogP contribution in [0.15, 0.2) is 0 Å². The first-order valence-electron chi connectivity index (χ1n) is 4.32. The zero-order chi connectivity index (χ0) is 9.84. The van der Waals surface area contributed by atoms with Gasteiger partial charge in [0, 0.05) is 0 Å². The van der Waals surface area contributed by atoms with Crippen molar-refractivity contribution in [2.45, 2.75) is 32.1 Å². The van der Waals surface area contributed by atoms with E-state index in [1.165, 1.54) is 0 Å². The summed E-state index contributed by atoms with van der Waals surface area (Å²) in [6.07, 6.45) is 4.21. The average molecular weight is 189 g/mol. The molecule has 6 nitrogen and oxygen atoms in total. The highest BCUT2D eigenvalue weighted by atomic mass is 16.8. The van der Waals surface area contributed by atoms with Crippen molar-refractivity contribution in [1.82, 2.24) is 0 Å². The molecule has 0 aromatic rings. The van der Waals surface area contributed by atoms with Gasteiger partial charge in [-0.25, -0.2) is 10.4 Å². The minimum absolute atomic E-state index is 0.321. The summed E-state index contributed by atoms with van der Waals surface area (Å²) in [6.45, 7) is 0. The van der Waals surface area contributed by atoms with Crippen molar-refractivity contribution in [1.29, 1.82) is 0 Å². The molecule has 0 aromatic carbocycles. The zero-order valence-corrected chi connectivity index (χ0v) is 7.22. The standard InChI is InChI=1S/C7H13N2O4/c10-8(11)7(9(12)13)6-4-2-1-3-5-6/h6,10-11H,1-5H2/q+1. The summed E-state index contributed by atoms with van der Waals surface area (Å²) >= 11 is 0. The number of nitrogens with zero attached hydrogens (tertiary/aromatic N) is 2. The van der Waals surface area contributed by atoms with E-state index in [1.807, 2.05) is 0 Å². The predicted octanol–water partition coefficient (Wildman–Crippen LogP) is 1.03. The van der Waals surface area contributed by atoms with Crippen molar-refractivity contribution in [3.05, 3.63) is 10.1 Å². The molecule has 0 radical (unpaired) electrons. The Morgan fingerprint density at radius 3 is 2.15 bits per heavy atom. The number of hydrogen-bond acceptors (Lipinski definition) is 4. The minimum atomic E-state index is -0.726. The van der Waals surface area contributed by atoms with Gasteiger partial charge in [0.1, 0.15) is 10.8 Å². The third kappa shape index (κ3) is 2.30. The zero-order valence-electron chi connectivity index (χ0n) is 7.22. The summed E-state index contributed by atoms with van der Waals surface area (Å²) in [7, 11) is 0. The average Bonchev–Trinajstić information content (AvgIpc) is 2.04. The maximum atomic E-state index is 10.4. The first-order chi connectivity index (χ1) is 6.13. The topological polar surface area (TPSA) is 86.6 Å². The van der Waals surface area contributed by atoms with Crippen LogP contribution in [-0.2, 0) is 0 Å². The maximum Gasteiger partial charge on any atom is 0.573 e. The molecule has 0 saturated heterocycles. The Morgan fingerprint density at radius 1 is 1.23 bits per heavy atom. The molecule has 1 aliphatic carbocycles. The molecule has 1 fully saturated rings. The minimum Gasteiger partial charge on any atom is -0.253 e. The van der Waals surface area contributed by atoms with Crippen molar-refractivity contribution in [3.8, 4) is 0 Å². The molecule has 74 valence electrons. The number of nitro groups is 1. The Morgan fingerprint density at radius 2 is 1.77 bits per heavy atom. The van der Waals surface area contributed by atoms with E-state index in [9.17, 15) is 10.1 Å². The molecule has 6 heteroatoms. The van der Waals surface area contributed by atoms with Crippen LogP contribution in [0.2, 0.25) is 0 Å². The molecule has 13 heavy (non-hydrogen) atoms. The van der Waals surface area contributed by atoms with Crippen LogP contribution in [0.3, 0.4) is 0 Å². The summed E-state index contributed by atoms with van der Waals surface area (Å²) in [4.78, 5) is 9.37. The normalized spacial score (nSPS) is 18.2. The van der Waals surface area contributed by atoms with E-state index < -0.39 is 10.8 Å². The molecule has 0 unspecified atom stereocenters. The van der Waals surface area contributed by atoms with Gasteiger partial charge in [-0.05, 0) is 12.8 Å². The third-order valence-electron chi connectivity index (χ3n) is 2.36. The van der Waals surface area contributed by atoms with Gasteiger partial charge in [-0.3, -0.25) is 10.1 Å². The lowest BCUT2D eigenvalue weighted by molar-refractivity contribution is -0.967. The Balaban J connectivity index is 2.75. The van der Waals surface area contributed by atoms with Crippen LogP contribution in [-0.4, -0.2) is 26.1 Å². The second kappa shape index (κ2) is 4.06. The van der Waals surface area contributed by atoms with Crippen LogP contribution in [0, 0.1) is 16.0 Å². The largest absolute Gasteiger partial charge is 0.573 e. The molecule has 0 heterocycles. The second-order valence-corrected chi connectivity index (χ2v) is 3.24. The fraction of sp³-hybridized carbons (Fsp3) is 0.857. The van der Waals surface area contributed by atoms with E-state index in [-0.39, 0.29) is 10.8 Å². The van der Waals surface area contributed by atoms with Crippen LogP contribution in [0.25, 0.3) is 0 Å². The monoisotopic (exact) mass is 189 g/mol. The highest BCUT2D eigenvalue weighted by Crippen LogP contribution is 2.24. The van der Waals surface area contributed by atoms with E-state index in [1.54, 1.807) is 0 Å². The van der Waals surface area contributed by atoms with Gasteiger partial charge in [0.05, 0.1) is 0 Å². The Kier molecular flexibility index (Phi) is 3.05. The number of rotatable bonds is 1. The maximum absolute atomic E-state index is 10.4.